The van der Waals surface area contributed by atoms with E-state index in [1.54, 1.807) is 12.1 Å². The minimum atomic E-state index is -0.864. The molecular weight excluding hydrogens is 246 g/mol. The summed E-state index contributed by atoms with van der Waals surface area (Å²) in [5, 5.41) is 11.1. The normalized spacial score (nSPS) is 10.0. The third kappa shape index (κ3) is 5.42. The molecule has 0 aliphatic heterocycles. The fourth-order valence-corrected chi connectivity index (χ4v) is 1.62. The van der Waals surface area contributed by atoms with Crippen molar-refractivity contribution in [3.63, 3.8) is 0 Å². The number of nitrogens with one attached hydrogen (secondary N) is 1. The Labute approximate surface area is 112 Å². The van der Waals surface area contributed by atoms with Crippen molar-refractivity contribution in [3.8, 4) is 5.75 Å². The molecule has 0 heterocycles. The molecule has 5 nitrogen and oxygen atoms in total. The molecule has 0 aromatic heterocycles. The van der Waals surface area contributed by atoms with E-state index < -0.39 is 5.97 Å². The fraction of sp³-hybridized carbons (Fsp3) is 0.429. The maximum absolute atomic E-state index is 11.5. The minimum Gasteiger partial charge on any atom is -0.483 e. The third-order valence-corrected chi connectivity index (χ3v) is 2.55. The summed E-state index contributed by atoms with van der Waals surface area (Å²) in [4.78, 5) is 21.8. The molecule has 1 amide bonds. The Hall–Kier alpha value is -2.04. The average Bonchev–Trinajstić information content (AvgIpc) is 2.34. The van der Waals surface area contributed by atoms with Crippen molar-refractivity contribution in [2.75, 3.05) is 13.2 Å². The Morgan fingerprint density at radius 3 is 2.53 bits per heavy atom. The molecule has 0 saturated carbocycles. The molecule has 0 spiro atoms. The third-order valence-electron chi connectivity index (χ3n) is 2.55. The first-order valence-electron chi connectivity index (χ1n) is 6.09. The largest absolute Gasteiger partial charge is 0.483 e. The van der Waals surface area contributed by atoms with Gasteiger partial charge in [0.2, 0.25) is 0 Å². The lowest BCUT2D eigenvalue weighted by Gasteiger charge is -2.11. The van der Waals surface area contributed by atoms with Crippen molar-refractivity contribution in [2.45, 2.75) is 26.7 Å². The van der Waals surface area contributed by atoms with E-state index in [4.69, 9.17) is 9.84 Å². The van der Waals surface area contributed by atoms with Gasteiger partial charge in [0.1, 0.15) is 5.75 Å². The highest BCUT2D eigenvalue weighted by Gasteiger charge is 2.07. The highest BCUT2D eigenvalue weighted by atomic mass is 16.5. The van der Waals surface area contributed by atoms with Crippen LogP contribution >= 0.6 is 0 Å². The summed E-state index contributed by atoms with van der Waals surface area (Å²) < 4.78 is 5.46. The molecule has 2 N–H and O–H groups in total. The van der Waals surface area contributed by atoms with Crippen LogP contribution in [0.15, 0.2) is 12.1 Å². The van der Waals surface area contributed by atoms with Gasteiger partial charge in [0.05, 0.1) is 0 Å². The summed E-state index contributed by atoms with van der Waals surface area (Å²) in [5.74, 6) is -0.422. The van der Waals surface area contributed by atoms with E-state index in [0.717, 1.165) is 11.1 Å². The van der Waals surface area contributed by atoms with Crippen molar-refractivity contribution in [1.29, 1.82) is 0 Å². The van der Waals surface area contributed by atoms with E-state index in [0.29, 0.717) is 18.7 Å². The standard InChI is InChI=1S/C14H18NO4/c1-10-5-3-6-11(2)14(10)19-9-12(16)15-8-4-7-13(17)18/h5-6H,4,7-9H2,1-2H3,(H,15,16)(H,17,18). The second-order valence-electron chi connectivity index (χ2n) is 4.29. The highest BCUT2D eigenvalue weighted by Crippen LogP contribution is 2.21. The molecule has 19 heavy (non-hydrogen) atoms. The van der Waals surface area contributed by atoms with Crippen LogP contribution in [-0.4, -0.2) is 30.1 Å². The van der Waals surface area contributed by atoms with E-state index >= 15 is 0 Å². The number of carboxylic acid groups (broad SMARTS) is 1. The lowest BCUT2D eigenvalue weighted by molar-refractivity contribution is -0.137. The zero-order valence-corrected chi connectivity index (χ0v) is 11.2. The van der Waals surface area contributed by atoms with Gasteiger partial charge >= 0.3 is 5.97 Å². The van der Waals surface area contributed by atoms with Crippen molar-refractivity contribution >= 4 is 11.9 Å². The molecule has 0 saturated heterocycles. The van der Waals surface area contributed by atoms with Gasteiger partial charge in [-0.15, -0.1) is 0 Å². The number of ether oxygens (including phenoxy) is 1. The molecular formula is C14H18NO4. The number of amides is 1. The predicted molar refractivity (Wildman–Crippen MR) is 70.1 cm³/mol. The summed E-state index contributed by atoms with van der Waals surface area (Å²) >= 11 is 0. The molecule has 103 valence electrons. The van der Waals surface area contributed by atoms with Crippen LogP contribution in [0.4, 0.5) is 0 Å². The summed E-state index contributed by atoms with van der Waals surface area (Å²) in [6.45, 7) is 4.06. The van der Waals surface area contributed by atoms with Crippen molar-refractivity contribution in [2.24, 2.45) is 0 Å². The number of carbonyl (C=O) groups is 2. The zero-order chi connectivity index (χ0) is 14.3. The number of hydrogen-bond acceptors (Lipinski definition) is 3. The number of benzene rings is 1. The summed E-state index contributed by atoms with van der Waals surface area (Å²) in [6, 6.07) is 6.57. The van der Waals surface area contributed by atoms with E-state index in [9.17, 15) is 9.59 Å². The van der Waals surface area contributed by atoms with Crippen LogP contribution in [0.2, 0.25) is 0 Å². The van der Waals surface area contributed by atoms with Gasteiger partial charge in [-0.05, 0) is 49.6 Å². The van der Waals surface area contributed by atoms with Crippen LogP contribution in [0.3, 0.4) is 0 Å². The van der Waals surface area contributed by atoms with Crippen molar-refractivity contribution in [3.05, 3.63) is 29.3 Å². The average molecular weight is 264 g/mol. The number of hydrogen-bond donors (Lipinski definition) is 2. The first-order valence-corrected chi connectivity index (χ1v) is 6.09. The highest BCUT2D eigenvalue weighted by molar-refractivity contribution is 5.77. The molecule has 1 radical (unpaired) electrons. The van der Waals surface area contributed by atoms with E-state index in [1.165, 1.54) is 0 Å². The van der Waals surface area contributed by atoms with Gasteiger partial charge in [0.25, 0.3) is 5.91 Å². The van der Waals surface area contributed by atoms with Gasteiger partial charge < -0.3 is 15.2 Å². The van der Waals surface area contributed by atoms with Gasteiger partial charge in [-0.3, -0.25) is 9.59 Å². The van der Waals surface area contributed by atoms with Gasteiger partial charge in [-0.25, -0.2) is 0 Å². The number of carbonyl (C=O) groups excluding carboxylic acids is 1. The van der Waals surface area contributed by atoms with Crippen molar-refractivity contribution in [1.82, 2.24) is 5.32 Å². The molecule has 1 aromatic carbocycles. The van der Waals surface area contributed by atoms with Crippen LogP contribution in [0.1, 0.15) is 24.0 Å². The molecule has 0 fully saturated rings. The van der Waals surface area contributed by atoms with Crippen LogP contribution in [0.25, 0.3) is 0 Å². The summed E-state index contributed by atoms with van der Waals surface area (Å²) in [5.41, 5.74) is 1.86. The summed E-state index contributed by atoms with van der Waals surface area (Å²) in [6.07, 6.45) is 0.466. The van der Waals surface area contributed by atoms with Gasteiger partial charge in [0.15, 0.2) is 6.61 Å². The van der Waals surface area contributed by atoms with Crippen LogP contribution < -0.4 is 10.1 Å². The Kier molecular flexibility index (Phi) is 5.85. The monoisotopic (exact) mass is 264 g/mol. The topological polar surface area (TPSA) is 75.6 Å². The Bertz CT molecular complexity index is 437. The Morgan fingerprint density at radius 2 is 1.95 bits per heavy atom. The first-order chi connectivity index (χ1) is 9.00. The van der Waals surface area contributed by atoms with E-state index in [2.05, 4.69) is 11.4 Å². The molecule has 0 aliphatic carbocycles. The number of aryl methyl sites for hydroxylation is 2. The molecule has 0 unspecified atom stereocenters. The number of aliphatic carboxylic acids is 1. The van der Waals surface area contributed by atoms with Crippen molar-refractivity contribution < 1.29 is 19.4 Å². The Morgan fingerprint density at radius 1 is 1.32 bits per heavy atom. The Balaban J connectivity index is 2.32. The summed E-state index contributed by atoms with van der Waals surface area (Å²) in [7, 11) is 0. The molecule has 1 rings (SSSR count). The van der Waals surface area contributed by atoms with Gasteiger partial charge in [-0.2, -0.15) is 0 Å². The van der Waals surface area contributed by atoms with Crippen LogP contribution in [-0.2, 0) is 9.59 Å². The SMILES string of the molecule is Cc1c[c]cc(C)c1OCC(=O)NCCCC(=O)O. The maximum atomic E-state index is 11.5. The number of carboxylic acids is 1. The van der Waals surface area contributed by atoms with E-state index in [-0.39, 0.29) is 18.9 Å². The molecule has 0 bridgehead atoms. The fourth-order valence-electron chi connectivity index (χ4n) is 1.62. The predicted octanol–water partition coefficient (Wildman–Crippen LogP) is 1.46. The second kappa shape index (κ2) is 7.41. The molecule has 0 atom stereocenters. The first kappa shape index (κ1) is 15.0. The lowest BCUT2D eigenvalue weighted by Crippen LogP contribution is -2.30. The smallest absolute Gasteiger partial charge is 0.303 e. The quantitative estimate of drug-likeness (QED) is 0.731. The second-order valence-corrected chi connectivity index (χ2v) is 4.29. The van der Waals surface area contributed by atoms with Gasteiger partial charge in [-0.1, -0.05) is 0 Å². The molecule has 5 heteroatoms. The zero-order valence-electron chi connectivity index (χ0n) is 11.2. The number of rotatable bonds is 7. The maximum Gasteiger partial charge on any atom is 0.303 e. The van der Waals surface area contributed by atoms with Crippen LogP contribution in [0, 0.1) is 19.9 Å². The molecule has 0 aliphatic rings. The van der Waals surface area contributed by atoms with E-state index in [1.807, 2.05) is 13.8 Å². The van der Waals surface area contributed by atoms with Gasteiger partial charge in [0, 0.05) is 13.0 Å². The molecule has 1 aromatic rings. The van der Waals surface area contributed by atoms with Crippen LogP contribution in [0.5, 0.6) is 5.75 Å². The lowest BCUT2D eigenvalue weighted by atomic mass is 10.1. The minimum absolute atomic E-state index is 0.0495.